The number of aromatic nitrogens is 4. The molecule has 1 fully saturated rings. The number of halogens is 3. The maximum Gasteiger partial charge on any atom is 0.323 e. The molecule has 1 aliphatic rings. The third-order valence-electron chi connectivity index (χ3n) is 6.00. The first-order valence-electron chi connectivity index (χ1n) is 12.2. The van der Waals surface area contributed by atoms with Gasteiger partial charge in [0, 0.05) is 0 Å². The Kier molecular flexibility index (Phi) is 9.06. The number of esters is 1. The van der Waals surface area contributed by atoms with Gasteiger partial charge in [-0.25, -0.2) is 23.2 Å². The number of hydrogen-bond acceptors (Lipinski definition) is 11. The minimum absolute atomic E-state index is 0.187. The Labute approximate surface area is 236 Å². The number of nitrogens with zero attached hydrogens (tertiary/aromatic N) is 3. The fourth-order valence-electron chi connectivity index (χ4n) is 4.01. The van der Waals surface area contributed by atoms with Crippen molar-refractivity contribution in [2.45, 2.75) is 63.4 Å². The van der Waals surface area contributed by atoms with E-state index in [-0.39, 0.29) is 22.9 Å². The highest BCUT2D eigenvalue weighted by atomic mass is 32.5. The third-order valence-corrected chi connectivity index (χ3v) is 8.47. The summed E-state index contributed by atoms with van der Waals surface area (Å²) in [6.07, 6.45) is -9.79. The molecule has 224 valence electrons. The van der Waals surface area contributed by atoms with Crippen LogP contribution in [0.4, 0.5) is 19.1 Å². The number of aliphatic hydroxyl groups excluding tert-OH is 1. The molecule has 13 nitrogen and oxygen atoms in total. The van der Waals surface area contributed by atoms with Crippen LogP contribution >= 0.6 is 6.64 Å². The summed E-state index contributed by atoms with van der Waals surface area (Å²) in [6, 6.07) is 6.87. The zero-order valence-corrected chi connectivity index (χ0v) is 23.7. The molecule has 1 unspecified atom stereocenters. The molecule has 6 atom stereocenters. The van der Waals surface area contributed by atoms with Gasteiger partial charge in [-0.3, -0.25) is 19.1 Å². The predicted molar refractivity (Wildman–Crippen MR) is 143 cm³/mol. The lowest BCUT2D eigenvalue weighted by atomic mass is 9.97. The van der Waals surface area contributed by atoms with Crippen LogP contribution < -0.4 is 20.9 Å². The smallest absolute Gasteiger partial charge is 0.323 e. The molecule has 41 heavy (non-hydrogen) atoms. The van der Waals surface area contributed by atoms with Gasteiger partial charge in [-0.05, 0) is 44.7 Å². The van der Waals surface area contributed by atoms with Crippen LogP contribution in [0.1, 0.15) is 27.0 Å². The number of carbonyl (C=O) groups excluding carboxylic acids is 1. The number of H-pyrrole nitrogens is 1. The molecule has 0 bridgehead atoms. The monoisotopic (exact) mass is 620 g/mol. The van der Waals surface area contributed by atoms with E-state index in [0.717, 1.165) is 10.9 Å². The molecular weight excluding hydrogens is 592 g/mol. The lowest BCUT2D eigenvalue weighted by Crippen LogP contribution is -2.52. The van der Waals surface area contributed by atoms with E-state index in [4.69, 9.17) is 36.1 Å². The average Bonchev–Trinajstić information content (AvgIpc) is 3.42. The van der Waals surface area contributed by atoms with Gasteiger partial charge in [0.25, 0.3) is 12.0 Å². The summed E-state index contributed by atoms with van der Waals surface area (Å²) in [4.78, 5) is 34.5. The summed E-state index contributed by atoms with van der Waals surface area (Å²) in [5.41, 5.74) is 1.35. The highest BCUT2D eigenvalue weighted by Gasteiger charge is 2.62. The fourth-order valence-corrected chi connectivity index (χ4v) is 6.43. The Morgan fingerprint density at radius 3 is 2.66 bits per heavy atom. The van der Waals surface area contributed by atoms with Gasteiger partial charge in [0.15, 0.2) is 29.2 Å². The van der Waals surface area contributed by atoms with Crippen LogP contribution in [0.25, 0.3) is 11.2 Å². The average molecular weight is 621 g/mol. The van der Waals surface area contributed by atoms with Gasteiger partial charge in [-0.1, -0.05) is 18.2 Å². The number of benzene rings is 1. The predicted octanol–water partition coefficient (Wildman–Crippen LogP) is 2.18. The van der Waals surface area contributed by atoms with Crippen molar-refractivity contribution >= 4 is 41.5 Å². The Morgan fingerprint density at radius 1 is 1.34 bits per heavy atom. The fraction of sp³-hybridized carbons (Fsp3) is 0.478. The van der Waals surface area contributed by atoms with E-state index in [1.165, 1.54) is 19.1 Å². The van der Waals surface area contributed by atoms with Gasteiger partial charge in [-0.15, -0.1) is 0 Å². The quantitative estimate of drug-likeness (QED) is 0.182. The van der Waals surface area contributed by atoms with Crippen LogP contribution in [-0.4, -0.2) is 73.6 Å². The number of para-hydroxylation sites is 1. The molecule has 2 aromatic heterocycles. The third kappa shape index (κ3) is 6.39. The van der Waals surface area contributed by atoms with Crippen molar-refractivity contribution in [2.75, 3.05) is 12.3 Å². The van der Waals surface area contributed by atoms with Gasteiger partial charge in [0.1, 0.15) is 17.9 Å². The zero-order chi connectivity index (χ0) is 30.1. The second kappa shape index (κ2) is 12.0. The number of aromatic amines is 1. The number of ether oxygens (including phenoxy) is 2. The van der Waals surface area contributed by atoms with Crippen molar-refractivity contribution < 1.29 is 41.6 Å². The van der Waals surface area contributed by atoms with E-state index in [2.05, 4.69) is 20.0 Å². The molecule has 18 heteroatoms. The summed E-state index contributed by atoms with van der Waals surface area (Å²) in [6.45, 7) is -0.345. The molecule has 0 radical (unpaired) electrons. The number of anilines is 1. The second-order valence-electron chi connectivity index (χ2n) is 9.44. The molecule has 1 saturated heterocycles. The number of imidazole rings is 1. The van der Waals surface area contributed by atoms with Crippen LogP contribution in [0.3, 0.4) is 0 Å². The van der Waals surface area contributed by atoms with E-state index in [1.807, 2.05) is 0 Å². The van der Waals surface area contributed by atoms with E-state index < -0.39 is 67.5 Å². The number of rotatable bonds is 11. The highest BCUT2D eigenvalue weighted by Crippen LogP contribution is 2.50. The van der Waals surface area contributed by atoms with E-state index in [9.17, 15) is 23.5 Å². The van der Waals surface area contributed by atoms with Crippen LogP contribution in [0.5, 0.6) is 5.75 Å². The standard InChI is InChI=1S/C23H28F3N6O7PS/c1-11(2)37-20(35)12(3)31-40(41,39-13-7-5-4-6-8-13)36-9-23(21(25)26)16(33)14(24)19(38-23)32-10-28-15-17(32)29-22(27)30-18(15)34/h4-8,10-12,14,16,19,21,33H,9H2,1-3H3,(H,31,41)(H3,27,29,30,34)/t12-,14+,16-,19+,23+,40?/m0/s1. The van der Waals surface area contributed by atoms with Gasteiger partial charge in [-0.2, -0.15) is 4.98 Å². The highest BCUT2D eigenvalue weighted by molar-refractivity contribution is 8.09. The van der Waals surface area contributed by atoms with Crippen molar-refractivity contribution in [2.24, 2.45) is 0 Å². The first-order chi connectivity index (χ1) is 19.3. The number of nitrogen functional groups attached to an aromatic ring is 1. The SMILES string of the molecule is CC(C)OC(=O)[C@H](C)NP(=S)(OC[C@@]1(C(F)F)O[C@@H](n2cnc3c(=O)[nH]c(N)nc32)[C@H](F)[C@@H]1O)Oc1ccccc1. The Balaban J connectivity index is 1.64. The number of nitrogens with two attached hydrogens (primary N) is 1. The summed E-state index contributed by atoms with van der Waals surface area (Å²) in [7, 11) is 0. The van der Waals surface area contributed by atoms with Gasteiger partial charge < -0.3 is 29.4 Å². The van der Waals surface area contributed by atoms with E-state index in [0.29, 0.717) is 0 Å². The van der Waals surface area contributed by atoms with Crippen molar-refractivity contribution in [1.82, 2.24) is 24.6 Å². The number of nitrogens with one attached hydrogen (secondary N) is 2. The first kappa shape index (κ1) is 30.9. The molecule has 4 rings (SSSR count). The van der Waals surface area contributed by atoms with Crippen LogP contribution in [-0.2, 0) is 30.6 Å². The Morgan fingerprint density at radius 2 is 2.02 bits per heavy atom. The molecule has 1 aliphatic heterocycles. The van der Waals surface area contributed by atoms with Crippen LogP contribution in [0, 0.1) is 0 Å². The zero-order valence-electron chi connectivity index (χ0n) is 21.9. The number of hydrogen-bond donors (Lipinski definition) is 4. The van der Waals surface area contributed by atoms with Crippen molar-refractivity contribution in [1.29, 1.82) is 0 Å². The van der Waals surface area contributed by atoms with Crippen molar-refractivity contribution in [3.8, 4) is 5.75 Å². The lowest BCUT2D eigenvalue weighted by molar-refractivity contribution is -0.191. The topological polar surface area (TPSA) is 176 Å². The Hall–Kier alpha value is -3.08. The lowest BCUT2D eigenvalue weighted by Gasteiger charge is -2.34. The maximum atomic E-state index is 15.5. The second-order valence-corrected chi connectivity index (χ2v) is 12.6. The summed E-state index contributed by atoms with van der Waals surface area (Å²) < 4.78 is 67.6. The first-order valence-corrected chi connectivity index (χ1v) is 14.9. The number of alkyl halides is 3. The molecule has 3 heterocycles. The van der Waals surface area contributed by atoms with Gasteiger partial charge >= 0.3 is 12.6 Å². The van der Waals surface area contributed by atoms with Crippen LogP contribution in [0.2, 0.25) is 0 Å². The molecule has 0 amide bonds. The minimum atomic E-state index is -3.87. The van der Waals surface area contributed by atoms with E-state index in [1.54, 1.807) is 32.0 Å². The normalized spacial score (nSPS) is 25.0. The largest absolute Gasteiger partial charge is 0.462 e. The van der Waals surface area contributed by atoms with Crippen molar-refractivity contribution in [3.63, 3.8) is 0 Å². The summed E-state index contributed by atoms with van der Waals surface area (Å²) in [5.74, 6) is -0.865. The van der Waals surface area contributed by atoms with Gasteiger partial charge in [0.2, 0.25) is 5.95 Å². The molecule has 0 spiro atoms. The molecule has 3 aromatic rings. The molecular formula is C23H28F3N6O7PS. The van der Waals surface area contributed by atoms with E-state index >= 15 is 4.39 Å². The maximum absolute atomic E-state index is 15.5. The molecule has 0 saturated carbocycles. The van der Waals surface area contributed by atoms with Crippen molar-refractivity contribution in [3.05, 3.63) is 47.0 Å². The number of carbonyl (C=O) groups is 1. The van der Waals surface area contributed by atoms with Crippen LogP contribution in [0.15, 0.2) is 41.5 Å². The molecule has 1 aromatic carbocycles. The summed E-state index contributed by atoms with van der Waals surface area (Å²) >= 11 is 5.53. The Bertz CT molecular complexity index is 1500. The minimum Gasteiger partial charge on any atom is -0.462 e. The summed E-state index contributed by atoms with van der Waals surface area (Å²) in [5, 5.41) is 13.4. The number of aliphatic hydroxyl groups is 1. The molecule has 5 N–H and O–H groups in total. The molecule has 0 aliphatic carbocycles. The van der Waals surface area contributed by atoms with Gasteiger partial charge in [0.05, 0.1) is 19.0 Å². The number of fused-ring (bicyclic) bond motifs is 1.